The van der Waals surface area contributed by atoms with Gasteiger partial charge in [0.25, 0.3) is 0 Å². The molecule has 0 radical (unpaired) electrons. The lowest BCUT2D eigenvalue weighted by atomic mass is 10.1. The molecule has 7 heteroatoms. The summed E-state index contributed by atoms with van der Waals surface area (Å²) < 4.78 is 30.2. The highest BCUT2D eigenvalue weighted by Crippen LogP contribution is 2.31. The number of benzene rings is 1. The summed E-state index contributed by atoms with van der Waals surface area (Å²) >= 11 is 0. The molecule has 0 fully saturated rings. The molecule has 1 aromatic rings. The van der Waals surface area contributed by atoms with Crippen molar-refractivity contribution in [3.8, 4) is 11.5 Å². The predicted molar refractivity (Wildman–Crippen MR) is 125 cm³/mol. The Kier molecular flexibility index (Phi) is 12.9. The maximum atomic E-state index is 13.1. The fourth-order valence-corrected chi connectivity index (χ4v) is 4.85. The van der Waals surface area contributed by atoms with Crippen LogP contribution in [0.1, 0.15) is 96.5 Å². The number of aromatic hydroxyl groups is 2. The van der Waals surface area contributed by atoms with Crippen LogP contribution >= 0.6 is 0 Å². The second-order valence-electron chi connectivity index (χ2n) is 8.20. The maximum Gasteiger partial charge on any atom is 0.301 e. The number of nitrogens with one attached hydrogen (secondary N) is 1. The lowest BCUT2D eigenvalue weighted by molar-refractivity contribution is 0.386. The van der Waals surface area contributed by atoms with Crippen molar-refractivity contribution in [1.29, 1.82) is 0 Å². The molecule has 1 aromatic carbocycles. The fraction of sp³-hybridized carbons (Fsp3) is 0.739. The van der Waals surface area contributed by atoms with E-state index >= 15 is 0 Å². The Hall–Kier alpha value is -1.47. The van der Waals surface area contributed by atoms with Gasteiger partial charge in [-0.25, -0.2) is 0 Å². The summed E-state index contributed by atoms with van der Waals surface area (Å²) in [4.78, 5) is 0. The SMILES string of the molecule is CCCCCCCCN(CCCCCCCC)S(=O)(=O)Nc1cc(O)c(O)cc1C. The van der Waals surface area contributed by atoms with Crippen molar-refractivity contribution in [2.24, 2.45) is 0 Å². The molecule has 0 amide bonds. The van der Waals surface area contributed by atoms with Gasteiger partial charge in [-0.05, 0) is 31.4 Å². The standard InChI is InChI=1S/C23H42N2O4S/c1-4-6-8-10-12-14-16-25(17-15-13-11-9-7-5-2)30(28,29)24-21-19-23(27)22(26)18-20(21)3/h18-19,24,26-27H,4-17H2,1-3H3. The molecule has 6 nitrogen and oxygen atoms in total. The molecule has 3 N–H and O–H groups in total. The van der Waals surface area contributed by atoms with Crippen LogP contribution in [0.25, 0.3) is 0 Å². The van der Waals surface area contributed by atoms with Crippen LogP contribution in [-0.4, -0.2) is 36.0 Å². The van der Waals surface area contributed by atoms with Gasteiger partial charge in [-0.2, -0.15) is 12.7 Å². The number of hydrogen-bond donors (Lipinski definition) is 3. The first-order valence-corrected chi connectivity index (χ1v) is 13.1. The number of nitrogens with zero attached hydrogens (tertiary/aromatic N) is 1. The third-order valence-corrected chi connectivity index (χ3v) is 6.95. The molecular weight excluding hydrogens is 400 g/mol. The number of rotatable bonds is 17. The molecule has 30 heavy (non-hydrogen) atoms. The minimum atomic E-state index is -3.73. The quantitative estimate of drug-likeness (QED) is 0.155. The molecule has 0 atom stereocenters. The summed E-state index contributed by atoms with van der Waals surface area (Å²) in [7, 11) is -3.73. The second-order valence-corrected chi connectivity index (χ2v) is 9.87. The molecule has 0 unspecified atom stereocenters. The third kappa shape index (κ3) is 10.0. The Balaban J connectivity index is 2.72. The van der Waals surface area contributed by atoms with E-state index in [1.54, 1.807) is 6.92 Å². The smallest absolute Gasteiger partial charge is 0.301 e. The molecule has 1 rings (SSSR count). The average molecular weight is 443 g/mol. The monoisotopic (exact) mass is 442 g/mol. The van der Waals surface area contributed by atoms with Gasteiger partial charge in [-0.1, -0.05) is 78.1 Å². The van der Waals surface area contributed by atoms with Crippen molar-refractivity contribution in [3.63, 3.8) is 0 Å². The Morgan fingerprint density at radius 3 is 1.70 bits per heavy atom. The molecule has 0 spiro atoms. The summed E-state index contributed by atoms with van der Waals surface area (Å²) in [5.41, 5.74) is 0.856. The molecule has 0 bridgehead atoms. The summed E-state index contributed by atoms with van der Waals surface area (Å²) in [6.07, 6.45) is 13.3. The van der Waals surface area contributed by atoms with Crippen LogP contribution in [-0.2, 0) is 10.2 Å². The molecule has 0 aromatic heterocycles. The first kappa shape index (κ1) is 26.6. The van der Waals surface area contributed by atoms with Gasteiger partial charge in [-0.3, -0.25) is 4.72 Å². The van der Waals surface area contributed by atoms with Gasteiger partial charge in [0.1, 0.15) is 0 Å². The number of unbranched alkanes of at least 4 members (excludes halogenated alkanes) is 10. The van der Waals surface area contributed by atoms with E-state index in [4.69, 9.17) is 0 Å². The molecule has 0 aliphatic carbocycles. The Morgan fingerprint density at radius 2 is 1.20 bits per heavy atom. The molecule has 0 saturated carbocycles. The lowest BCUT2D eigenvalue weighted by Gasteiger charge is -2.23. The van der Waals surface area contributed by atoms with Gasteiger partial charge in [0.15, 0.2) is 11.5 Å². The largest absolute Gasteiger partial charge is 0.504 e. The van der Waals surface area contributed by atoms with Crippen molar-refractivity contribution < 1.29 is 18.6 Å². The third-order valence-electron chi connectivity index (χ3n) is 5.42. The zero-order valence-corrected chi connectivity index (χ0v) is 19.9. The second kappa shape index (κ2) is 14.5. The van der Waals surface area contributed by atoms with E-state index in [-0.39, 0.29) is 11.5 Å². The summed E-state index contributed by atoms with van der Waals surface area (Å²) in [6, 6.07) is 2.62. The normalized spacial score (nSPS) is 11.9. The van der Waals surface area contributed by atoms with Crippen molar-refractivity contribution in [3.05, 3.63) is 17.7 Å². The number of anilines is 1. The van der Waals surface area contributed by atoms with Gasteiger partial charge in [0.2, 0.25) is 0 Å². The number of aryl methyl sites for hydroxylation is 1. The van der Waals surface area contributed by atoms with Crippen LogP contribution in [0.2, 0.25) is 0 Å². The van der Waals surface area contributed by atoms with E-state index < -0.39 is 10.2 Å². The van der Waals surface area contributed by atoms with Crippen LogP contribution in [0.4, 0.5) is 5.69 Å². The molecule has 174 valence electrons. The minimum Gasteiger partial charge on any atom is -0.504 e. The van der Waals surface area contributed by atoms with Crippen LogP contribution in [0, 0.1) is 6.92 Å². The van der Waals surface area contributed by atoms with Gasteiger partial charge < -0.3 is 10.2 Å². The Morgan fingerprint density at radius 1 is 0.767 bits per heavy atom. The van der Waals surface area contributed by atoms with Gasteiger partial charge in [0.05, 0.1) is 5.69 Å². The van der Waals surface area contributed by atoms with Gasteiger partial charge in [0, 0.05) is 19.2 Å². The Bertz CT molecular complexity index is 691. The zero-order valence-electron chi connectivity index (χ0n) is 19.1. The van der Waals surface area contributed by atoms with E-state index in [0.29, 0.717) is 24.3 Å². The van der Waals surface area contributed by atoms with Gasteiger partial charge >= 0.3 is 10.2 Å². The average Bonchev–Trinajstić information content (AvgIpc) is 2.69. The topological polar surface area (TPSA) is 89.9 Å². The van der Waals surface area contributed by atoms with Crippen LogP contribution in [0.5, 0.6) is 11.5 Å². The van der Waals surface area contributed by atoms with Crippen molar-refractivity contribution >= 4 is 15.9 Å². The zero-order chi connectivity index (χ0) is 22.4. The highest BCUT2D eigenvalue weighted by atomic mass is 32.2. The summed E-state index contributed by atoms with van der Waals surface area (Å²) in [5.74, 6) is -0.594. The predicted octanol–water partition coefficient (Wildman–Crippen LogP) is 6.09. The maximum absolute atomic E-state index is 13.1. The minimum absolute atomic E-state index is 0.258. The van der Waals surface area contributed by atoms with Crippen molar-refractivity contribution in [1.82, 2.24) is 4.31 Å². The van der Waals surface area contributed by atoms with Crippen LogP contribution in [0.15, 0.2) is 12.1 Å². The summed E-state index contributed by atoms with van der Waals surface area (Å²) in [6.45, 7) is 7.06. The van der Waals surface area contributed by atoms with Crippen molar-refractivity contribution in [2.45, 2.75) is 97.8 Å². The highest BCUT2D eigenvalue weighted by Gasteiger charge is 2.22. The van der Waals surface area contributed by atoms with Crippen LogP contribution in [0.3, 0.4) is 0 Å². The van der Waals surface area contributed by atoms with Crippen LogP contribution < -0.4 is 4.72 Å². The first-order chi connectivity index (χ1) is 14.3. The van der Waals surface area contributed by atoms with E-state index in [0.717, 1.165) is 38.5 Å². The number of hydrogen-bond acceptors (Lipinski definition) is 4. The van der Waals surface area contributed by atoms with E-state index in [2.05, 4.69) is 18.6 Å². The first-order valence-electron chi connectivity index (χ1n) is 11.6. The number of phenols is 2. The van der Waals surface area contributed by atoms with E-state index in [9.17, 15) is 18.6 Å². The molecular formula is C23H42N2O4S. The Labute approximate surface area is 183 Å². The van der Waals surface area contributed by atoms with E-state index in [1.807, 2.05) is 0 Å². The van der Waals surface area contributed by atoms with Gasteiger partial charge in [-0.15, -0.1) is 0 Å². The molecule has 0 heterocycles. The van der Waals surface area contributed by atoms with E-state index in [1.165, 1.54) is 55.0 Å². The molecule has 0 saturated heterocycles. The fourth-order valence-electron chi connectivity index (χ4n) is 3.48. The molecule has 0 aliphatic rings. The molecule has 0 aliphatic heterocycles. The summed E-state index contributed by atoms with van der Waals surface area (Å²) in [5, 5.41) is 19.4. The lowest BCUT2D eigenvalue weighted by Crippen LogP contribution is -2.37. The number of phenolic OH excluding ortho intramolecular Hbond substituents is 2. The van der Waals surface area contributed by atoms with Crippen molar-refractivity contribution in [2.75, 3.05) is 17.8 Å². The highest BCUT2D eigenvalue weighted by molar-refractivity contribution is 7.90.